The third kappa shape index (κ3) is 3.48. The molecule has 3 rings (SSSR count). The van der Waals surface area contributed by atoms with Crippen LogP contribution in [0.2, 0.25) is 0 Å². The van der Waals surface area contributed by atoms with Gasteiger partial charge in [0, 0.05) is 54.5 Å². The number of aliphatic hydroxyl groups is 1. The summed E-state index contributed by atoms with van der Waals surface area (Å²) in [5.41, 5.74) is 0.707. The average Bonchev–Trinajstić information content (AvgIpc) is 3.09. The van der Waals surface area contributed by atoms with E-state index in [4.69, 9.17) is 4.74 Å². The Hall–Kier alpha value is -0.720. The molecule has 1 aliphatic rings. The van der Waals surface area contributed by atoms with Gasteiger partial charge in [0.05, 0.1) is 5.60 Å². The van der Waals surface area contributed by atoms with E-state index in [9.17, 15) is 5.11 Å². The summed E-state index contributed by atoms with van der Waals surface area (Å²) < 4.78 is 5.29. The van der Waals surface area contributed by atoms with E-state index in [2.05, 4.69) is 34.3 Å². The molecule has 0 radical (unpaired) electrons. The molecule has 0 amide bonds. The number of rotatable bonds is 5. The second-order valence-corrected chi connectivity index (χ2v) is 7.16. The van der Waals surface area contributed by atoms with Crippen molar-refractivity contribution in [2.45, 2.75) is 25.0 Å². The molecule has 0 unspecified atom stereocenters. The largest absolute Gasteiger partial charge is 0.388 e. The van der Waals surface area contributed by atoms with Crippen molar-refractivity contribution in [3.8, 4) is 10.4 Å². The van der Waals surface area contributed by atoms with Gasteiger partial charge in [-0.05, 0) is 22.9 Å². The van der Waals surface area contributed by atoms with Crippen LogP contribution < -0.4 is 5.32 Å². The van der Waals surface area contributed by atoms with Crippen molar-refractivity contribution in [1.82, 2.24) is 5.32 Å². The quantitative estimate of drug-likeness (QED) is 0.892. The second-order valence-electron chi connectivity index (χ2n) is 5.22. The fraction of sp³-hybridized carbons (Fsp3) is 0.467. The van der Waals surface area contributed by atoms with Crippen molar-refractivity contribution >= 4 is 22.7 Å². The predicted octanol–water partition coefficient (Wildman–Crippen LogP) is 3.11. The maximum absolute atomic E-state index is 10.4. The van der Waals surface area contributed by atoms with E-state index < -0.39 is 5.60 Å². The topological polar surface area (TPSA) is 41.5 Å². The van der Waals surface area contributed by atoms with Gasteiger partial charge in [0.2, 0.25) is 0 Å². The molecule has 2 aromatic rings. The number of nitrogens with one attached hydrogen (secondary N) is 1. The first-order valence-electron chi connectivity index (χ1n) is 6.87. The van der Waals surface area contributed by atoms with Crippen LogP contribution >= 0.6 is 22.7 Å². The average molecular weight is 309 g/mol. The summed E-state index contributed by atoms with van der Waals surface area (Å²) in [5, 5.41) is 18.0. The number of ether oxygens (including phenoxy) is 1. The predicted molar refractivity (Wildman–Crippen MR) is 84.3 cm³/mol. The molecule has 0 aliphatic carbocycles. The first-order valence-corrected chi connectivity index (χ1v) is 8.63. The zero-order valence-corrected chi connectivity index (χ0v) is 12.9. The molecule has 0 bridgehead atoms. The Morgan fingerprint density at radius 2 is 2.15 bits per heavy atom. The monoisotopic (exact) mass is 309 g/mol. The van der Waals surface area contributed by atoms with Crippen LogP contribution in [0.3, 0.4) is 0 Å². The molecule has 0 saturated carbocycles. The van der Waals surface area contributed by atoms with Crippen LogP contribution in [0.1, 0.15) is 17.7 Å². The standard InChI is InChI=1S/C15H19NO2S2/c17-15(3-5-18-6-4-15)11-16-9-13-8-12(10-20-13)14-2-1-7-19-14/h1-2,7-8,10,16-17H,3-6,9,11H2. The molecule has 3 nitrogen and oxygen atoms in total. The van der Waals surface area contributed by atoms with Gasteiger partial charge in [-0.2, -0.15) is 0 Å². The van der Waals surface area contributed by atoms with Gasteiger partial charge in [-0.3, -0.25) is 0 Å². The van der Waals surface area contributed by atoms with Gasteiger partial charge < -0.3 is 15.2 Å². The molecular weight excluding hydrogens is 290 g/mol. The van der Waals surface area contributed by atoms with E-state index in [-0.39, 0.29) is 0 Å². The summed E-state index contributed by atoms with van der Waals surface area (Å²) in [6.45, 7) is 2.79. The van der Waals surface area contributed by atoms with Crippen molar-refractivity contribution in [2.24, 2.45) is 0 Å². The van der Waals surface area contributed by atoms with Crippen molar-refractivity contribution < 1.29 is 9.84 Å². The molecule has 1 fully saturated rings. The third-order valence-corrected chi connectivity index (χ3v) is 5.49. The van der Waals surface area contributed by atoms with Gasteiger partial charge in [-0.15, -0.1) is 22.7 Å². The van der Waals surface area contributed by atoms with Crippen LogP contribution in [0.15, 0.2) is 29.0 Å². The molecule has 2 N–H and O–H groups in total. The first-order chi connectivity index (χ1) is 9.75. The Labute approximate surface area is 127 Å². The molecule has 0 atom stereocenters. The lowest BCUT2D eigenvalue weighted by molar-refractivity contribution is -0.0616. The minimum absolute atomic E-state index is 0.591. The van der Waals surface area contributed by atoms with Crippen LogP contribution in [0.4, 0.5) is 0 Å². The van der Waals surface area contributed by atoms with Crippen molar-refractivity contribution in [1.29, 1.82) is 0 Å². The van der Waals surface area contributed by atoms with E-state index in [0.29, 0.717) is 19.8 Å². The van der Waals surface area contributed by atoms with E-state index in [0.717, 1.165) is 19.4 Å². The number of hydrogen-bond acceptors (Lipinski definition) is 5. The maximum Gasteiger partial charge on any atom is 0.0815 e. The lowest BCUT2D eigenvalue weighted by Crippen LogP contribution is -2.44. The lowest BCUT2D eigenvalue weighted by Gasteiger charge is -2.32. The van der Waals surface area contributed by atoms with Crippen molar-refractivity contribution in [2.75, 3.05) is 19.8 Å². The van der Waals surface area contributed by atoms with Crippen LogP contribution in [0, 0.1) is 0 Å². The highest BCUT2D eigenvalue weighted by Gasteiger charge is 2.29. The SMILES string of the molecule is OC1(CNCc2cc(-c3cccs3)cs2)CCOCC1. The van der Waals surface area contributed by atoms with E-state index >= 15 is 0 Å². The molecule has 108 valence electrons. The molecule has 3 heterocycles. The van der Waals surface area contributed by atoms with Gasteiger partial charge in [0.25, 0.3) is 0 Å². The summed E-state index contributed by atoms with van der Waals surface area (Å²) in [4.78, 5) is 2.62. The molecule has 0 spiro atoms. The molecule has 1 saturated heterocycles. The normalized spacial score (nSPS) is 18.2. The van der Waals surface area contributed by atoms with E-state index in [1.807, 2.05) is 0 Å². The van der Waals surface area contributed by atoms with Crippen LogP contribution in [0.25, 0.3) is 10.4 Å². The Balaban J connectivity index is 1.51. The zero-order chi connectivity index (χ0) is 13.8. The van der Waals surface area contributed by atoms with Gasteiger partial charge in [0.1, 0.15) is 0 Å². The minimum atomic E-state index is -0.591. The summed E-state index contributed by atoms with van der Waals surface area (Å²) in [5.74, 6) is 0. The van der Waals surface area contributed by atoms with E-state index in [1.54, 1.807) is 22.7 Å². The minimum Gasteiger partial charge on any atom is -0.388 e. The fourth-order valence-electron chi connectivity index (χ4n) is 2.39. The Morgan fingerprint density at radius 3 is 2.90 bits per heavy atom. The summed E-state index contributed by atoms with van der Waals surface area (Å²) in [6.07, 6.45) is 1.45. The van der Waals surface area contributed by atoms with E-state index in [1.165, 1.54) is 15.3 Å². The van der Waals surface area contributed by atoms with Gasteiger partial charge >= 0.3 is 0 Å². The third-order valence-electron chi connectivity index (χ3n) is 3.64. The lowest BCUT2D eigenvalue weighted by atomic mass is 9.94. The zero-order valence-electron chi connectivity index (χ0n) is 11.3. The second kappa shape index (κ2) is 6.37. The van der Waals surface area contributed by atoms with Crippen molar-refractivity contribution in [3.05, 3.63) is 33.8 Å². The molecular formula is C15H19NO2S2. The Kier molecular flexibility index (Phi) is 4.53. The summed E-state index contributed by atoms with van der Waals surface area (Å²) >= 11 is 3.54. The molecule has 1 aliphatic heterocycles. The smallest absolute Gasteiger partial charge is 0.0815 e. The molecule has 20 heavy (non-hydrogen) atoms. The first kappa shape index (κ1) is 14.2. The van der Waals surface area contributed by atoms with Gasteiger partial charge in [-0.1, -0.05) is 6.07 Å². The highest BCUT2D eigenvalue weighted by molar-refractivity contribution is 7.14. The maximum atomic E-state index is 10.4. The van der Waals surface area contributed by atoms with Crippen LogP contribution in [-0.4, -0.2) is 30.5 Å². The van der Waals surface area contributed by atoms with Gasteiger partial charge in [-0.25, -0.2) is 0 Å². The van der Waals surface area contributed by atoms with Gasteiger partial charge in [0.15, 0.2) is 0 Å². The fourth-order valence-corrected chi connectivity index (χ4v) is 4.04. The van der Waals surface area contributed by atoms with Crippen LogP contribution in [-0.2, 0) is 11.3 Å². The summed E-state index contributed by atoms with van der Waals surface area (Å²) in [7, 11) is 0. The Morgan fingerprint density at radius 1 is 1.30 bits per heavy atom. The van der Waals surface area contributed by atoms with Crippen LogP contribution in [0.5, 0.6) is 0 Å². The highest BCUT2D eigenvalue weighted by atomic mass is 32.1. The molecule has 5 heteroatoms. The summed E-state index contributed by atoms with van der Waals surface area (Å²) in [6, 6.07) is 6.46. The highest BCUT2D eigenvalue weighted by Crippen LogP contribution is 2.29. The Bertz CT molecular complexity index is 530. The van der Waals surface area contributed by atoms with Crippen molar-refractivity contribution in [3.63, 3.8) is 0 Å². The number of thiophene rings is 2. The molecule has 0 aromatic carbocycles. The number of hydrogen-bond donors (Lipinski definition) is 2. The molecule has 2 aromatic heterocycles.